The smallest absolute Gasteiger partial charge is 0.305 e. The average Bonchev–Trinajstić information content (AvgIpc) is 2.87. The predicted molar refractivity (Wildman–Crippen MR) is 78.5 cm³/mol. The van der Waals surface area contributed by atoms with Crippen LogP contribution < -0.4 is 10.6 Å². The Morgan fingerprint density at radius 2 is 1.95 bits per heavy atom. The van der Waals surface area contributed by atoms with Crippen LogP contribution in [0.1, 0.15) is 17.0 Å². The Morgan fingerprint density at radius 1 is 1.24 bits per heavy atom. The molecule has 3 N–H and O–H groups in total. The molecule has 0 saturated heterocycles. The lowest BCUT2D eigenvalue weighted by atomic mass is 10.2. The average molecular weight is 309 g/mol. The minimum atomic E-state index is -1.01. The van der Waals surface area contributed by atoms with Gasteiger partial charge in [0.2, 0.25) is 0 Å². The van der Waals surface area contributed by atoms with E-state index in [1.807, 2.05) is 0 Å². The lowest BCUT2D eigenvalue weighted by Crippen LogP contribution is -2.33. The van der Waals surface area contributed by atoms with Crippen molar-refractivity contribution < 1.29 is 19.1 Å². The molecule has 0 spiro atoms. The Bertz CT molecular complexity index is 668. The van der Waals surface area contributed by atoms with Crippen molar-refractivity contribution >= 4 is 34.9 Å². The molecule has 0 atom stereocenters. The third kappa shape index (κ3) is 3.55. The fourth-order valence-electron chi connectivity index (χ4n) is 1.83. The van der Waals surface area contributed by atoms with Crippen LogP contribution in [0.3, 0.4) is 0 Å². The van der Waals surface area contributed by atoms with E-state index in [-0.39, 0.29) is 23.9 Å². The van der Waals surface area contributed by atoms with Crippen molar-refractivity contribution in [1.82, 2.24) is 0 Å². The summed E-state index contributed by atoms with van der Waals surface area (Å²) in [5.74, 6) is -1.49. The summed E-state index contributed by atoms with van der Waals surface area (Å²) in [6.07, 6.45) is -0.214. The van der Waals surface area contributed by atoms with Crippen LogP contribution in [0.25, 0.3) is 0 Å². The molecule has 0 unspecified atom stereocenters. The Labute approximate surface area is 125 Å². The normalized spacial score (nSPS) is 10.3. The van der Waals surface area contributed by atoms with Gasteiger partial charge in [-0.05, 0) is 35.9 Å². The zero-order chi connectivity index (χ0) is 15.4. The van der Waals surface area contributed by atoms with Gasteiger partial charge in [-0.2, -0.15) is 0 Å². The van der Waals surface area contributed by atoms with E-state index in [4.69, 9.17) is 26.9 Å². The molecule has 0 bridgehead atoms. The summed E-state index contributed by atoms with van der Waals surface area (Å²) in [5, 5.41) is 8.90. The zero-order valence-electron chi connectivity index (χ0n) is 11.0. The molecule has 2 aromatic rings. The van der Waals surface area contributed by atoms with E-state index in [0.29, 0.717) is 11.4 Å². The minimum Gasteiger partial charge on any atom is -0.481 e. The summed E-state index contributed by atoms with van der Waals surface area (Å²) in [6.45, 7) is -0.0271. The number of hydrogen-bond acceptors (Lipinski definition) is 4. The van der Waals surface area contributed by atoms with Gasteiger partial charge in [-0.3, -0.25) is 9.59 Å². The van der Waals surface area contributed by atoms with Gasteiger partial charge in [0.15, 0.2) is 11.0 Å². The van der Waals surface area contributed by atoms with Crippen molar-refractivity contribution in [3.63, 3.8) is 0 Å². The number of rotatable bonds is 5. The summed E-state index contributed by atoms with van der Waals surface area (Å²) in [4.78, 5) is 24.5. The molecular formula is C14H13ClN2O4. The van der Waals surface area contributed by atoms with Crippen molar-refractivity contribution in [2.45, 2.75) is 6.42 Å². The van der Waals surface area contributed by atoms with Gasteiger partial charge in [-0.15, -0.1) is 0 Å². The number of anilines is 2. The minimum absolute atomic E-state index is 0.0219. The number of amides is 1. The number of para-hydroxylation sites is 2. The van der Waals surface area contributed by atoms with E-state index in [0.717, 1.165) is 0 Å². The number of carboxylic acids is 1. The molecule has 1 heterocycles. The second-order valence-electron chi connectivity index (χ2n) is 4.26. The van der Waals surface area contributed by atoms with Crippen molar-refractivity contribution in [2.24, 2.45) is 0 Å². The number of halogens is 1. The van der Waals surface area contributed by atoms with Crippen LogP contribution >= 0.6 is 11.6 Å². The molecule has 1 aromatic carbocycles. The fraction of sp³-hybridized carbons (Fsp3) is 0.143. The van der Waals surface area contributed by atoms with Gasteiger partial charge in [-0.25, -0.2) is 0 Å². The topological polar surface area (TPSA) is 96.8 Å². The van der Waals surface area contributed by atoms with E-state index >= 15 is 0 Å². The van der Waals surface area contributed by atoms with Crippen molar-refractivity contribution in [3.8, 4) is 0 Å². The van der Waals surface area contributed by atoms with Crippen LogP contribution in [-0.4, -0.2) is 23.5 Å². The van der Waals surface area contributed by atoms with Gasteiger partial charge in [0.1, 0.15) is 0 Å². The van der Waals surface area contributed by atoms with Crippen LogP contribution in [0.4, 0.5) is 11.4 Å². The number of hydrogen-bond donors (Lipinski definition) is 2. The summed E-state index contributed by atoms with van der Waals surface area (Å²) < 4.78 is 5.08. The number of carbonyl (C=O) groups is 2. The number of nitrogen functional groups attached to an aromatic ring is 1. The molecule has 21 heavy (non-hydrogen) atoms. The Balaban J connectivity index is 2.34. The first-order chi connectivity index (χ1) is 9.99. The Hall–Kier alpha value is -2.47. The van der Waals surface area contributed by atoms with Crippen molar-refractivity contribution in [1.29, 1.82) is 0 Å². The van der Waals surface area contributed by atoms with Gasteiger partial charge in [-0.1, -0.05) is 12.1 Å². The lowest BCUT2D eigenvalue weighted by molar-refractivity contribution is -0.136. The van der Waals surface area contributed by atoms with Gasteiger partial charge in [0.05, 0.1) is 17.8 Å². The first-order valence-corrected chi connectivity index (χ1v) is 6.50. The Morgan fingerprint density at radius 3 is 2.52 bits per heavy atom. The first-order valence-electron chi connectivity index (χ1n) is 6.12. The number of benzene rings is 1. The quantitative estimate of drug-likeness (QED) is 0.828. The molecule has 0 aliphatic heterocycles. The van der Waals surface area contributed by atoms with Crippen molar-refractivity contribution in [2.75, 3.05) is 17.2 Å². The summed E-state index contributed by atoms with van der Waals surface area (Å²) in [7, 11) is 0. The van der Waals surface area contributed by atoms with Gasteiger partial charge in [0, 0.05) is 6.54 Å². The van der Waals surface area contributed by atoms with E-state index in [2.05, 4.69) is 0 Å². The van der Waals surface area contributed by atoms with Crippen LogP contribution in [0.15, 0.2) is 40.8 Å². The third-order valence-electron chi connectivity index (χ3n) is 2.81. The summed E-state index contributed by atoms with van der Waals surface area (Å²) in [5.41, 5.74) is 6.65. The van der Waals surface area contributed by atoms with E-state index < -0.39 is 11.9 Å². The number of nitrogens with zero attached hydrogens (tertiary/aromatic N) is 1. The fourth-order valence-corrected chi connectivity index (χ4v) is 1.98. The predicted octanol–water partition coefficient (Wildman–Crippen LogP) is 2.64. The van der Waals surface area contributed by atoms with Gasteiger partial charge >= 0.3 is 5.97 Å². The van der Waals surface area contributed by atoms with E-state index in [9.17, 15) is 9.59 Å². The highest BCUT2D eigenvalue weighted by molar-refractivity contribution is 6.29. The highest BCUT2D eigenvalue weighted by atomic mass is 35.5. The van der Waals surface area contributed by atoms with Crippen LogP contribution in [0.5, 0.6) is 0 Å². The number of nitrogens with two attached hydrogens (primary N) is 1. The molecule has 0 aliphatic rings. The number of carbonyl (C=O) groups excluding carboxylic acids is 1. The number of carboxylic acid groups (broad SMARTS) is 1. The third-order valence-corrected chi connectivity index (χ3v) is 3.01. The second kappa shape index (κ2) is 6.32. The molecule has 0 radical (unpaired) electrons. The van der Waals surface area contributed by atoms with Crippen LogP contribution in [-0.2, 0) is 4.79 Å². The molecular weight excluding hydrogens is 296 g/mol. The van der Waals surface area contributed by atoms with Gasteiger partial charge in [0.25, 0.3) is 5.91 Å². The summed E-state index contributed by atoms with van der Waals surface area (Å²) >= 11 is 5.66. The molecule has 1 aromatic heterocycles. The van der Waals surface area contributed by atoms with Crippen molar-refractivity contribution in [3.05, 3.63) is 47.4 Å². The SMILES string of the molecule is Nc1ccccc1N(CCC(=O)O)C(=O)c1ccc(Cl)o1. The molecule has 6 nitrogen and oxygen atoms in total. The zero-order valence-corrected chi connectivity index (χ0v) is 11.7. The Kier molecular flexibility index (Phi) is 4.49. The molecule has 7 heteroatoms. The van der Waals surface area contributed by atoms with Gasteiger partial charge < -0.3 is 20.2 Å². The maximum Gasteiger partial charge on any atom is 0.305 e. The second-order valence-corrected chi connectivity index (χ2v) is 4.64. The summed E-state index contributed by atoms with van der Waals surface area (Å²) in [6, 6.07) is 9.57. The van der Waals surface area contributed by atoms with Crippen LogP contribution in [0, 0.1) is 0 Å². The first kappa shape index (κ1) is 14.9. The maximum absolute atomic E-state index is 12.4. The van der Waals surface area contributed by atoms with Crippen LogP contribution in [0.2, 0.25) is 5.22 Å². The molecule has 1 amide bonds. The maximum atomic E-state index is 12.4. The molecule has 2 rings (SSSR count). The highest BCUT2D eigenvalue weighted by Gasteiger charge is 2.23. The monoisotopic (exact) mass is 308 g/mol. The molecule has 0 aliphatic carbocycles. The lowest BCUT2D eigenvalue weighted by Gasteiger charge is -2.22. The highest BCUT2D eigenvalue weighted by Crippen LogP contribution is 2.25. The molecule has 110 valence electrons. The standard InChI is InChI=1S/C14H13ClN2O4/c15-12-6-5-11(21-12)14(20)17(8-7-13(18)19)10-4-2-1-3-9(10)16/h1-6H,7-8,16H2,(H,18,19). The largest absolute Gasteiger partial charge is 0.481 e. The number of aliphatic carboxylic acids is 1. The number of furan rings is 1. The van der Waals surface area contributed by atoms with E-state index in [1.165, 1.54) is 17.0 Å². The van der Waals surface area contributed by atoms with E-state index in [1.54, 1.807) is 24.3 Å². The molecule has 0 fully saturated rings. The molecule has 0 saturated carbocycles.